The maximum absolute atomic E-state index is 5.68. The van der Waals surface area contributed by atoms with Crippen molar-refractivity contribution >= 4 is 27.0 Å². The number of fused-ring (bicyclic) bond motifs is 1. The number of aromatic nitrogens is 2. The quantitative estimate of drug-likeness (QED) is 0.760. The van der Waals surface area contributed by atoms with Gasteiger partial charge in [0.2, 0.25) is 0 Å². The number of ether oxygens (including phenoxy) is 1. The molecule has 0 bridgehead atoms. The predicted octanol–water partition coefficient (Wildman–Crippen LogP) is 4.43. The Balaban J connectivity index is 1.92. The molecule has 3 rings (SSSR count). The second kappa shape index (κ2) is 4.46. The fourth-order valence-electron chi connectivity index (χ4n) is 1.72. The number of hydrogen-bond acceptors (Lipinski definition) is 2. The van der Waals surface area contributed by atoms with E-state index < -0.39 is 0 Å². The Hall–Kier alpha value is -1.81. The lowest BCUT2D eigenvalue weighted by Gasteiger charge is -2.01. The monoisotopic (exact) mass is 302 g/mol. The van der Waals surface area contributed by atoms with E-state index in [1.165, 1.54) is 5.56 Å². The number of nitrogens with zero attached hydrogens (tertiary/aromatic N) is 1. The van der Waals surface area contributed by atoms with E-state index >= 15 is 0 Å². The lowest BCUT2D eigenvalue weighted by Crippen LogP contribution is -1.85. The van der Waals surface area contributed by atoms with Gasteiger partial charge < -0.3 is 9.72 Å². The molecular formula is C14H11BrN2O. The Labute approximate surface area is 113 Å². The number of aryl methyl sites for hydroxylation is 1. The Kier molecular flexibility index (Phi) is 2.80. The van der Waals surface area contributed by atoms with Crippen molar-refractivity contribution < 1.29 is 4.74 Å². The molecule has 0 unspecified atom stereocenters. The molecule has 4 heteroatoms. The van der Waals surface area contributed by atoms with E-state index in [2.05, 4.69) is 25.9 Å². The van der Waals surface area contributed by atoms with Gasteiger partial charge in [0.1, 0.15) is 5.75 Å². The summed E-state index contributed by atoms with van der Waals surface area (Å²) in [5, 5.41) is 0. The molecule has 2 aromatic carbocycles. The van der Waals surface area contributed by atoms with Crippen LogP contribution in [-0.4, -0.2) is 9.97 Å². The summed E-state index contributed by atoms with van der Waals surface area (Å²) >= 11 is 3.43. The highest BCUT2D eigenvalue weighted by Gasteiger charge is 2.05. The van der Waals surface area contributed by atoms with E-state index in [9.17, 15) is 0 Å². The molecule has 0 amide bonds. The van der Waals surface area contributed by atoms with Crippen molar-refractivity contribution in [2.75, 3.05) is 0 Å². The van der Waals surface area contributed by atoms with Crippen LogP contribution in [0.4, 0.5) is 0 Å². The molecule has 0 saturated heterocycles. The minimum atomic E-state index is 0.506. The molecule has 0 aliphatic carbocycles. The van der Waals surface area contributed by atoms with Gasteiger partial charge in [0, 0.05) is 4.47 Å². The topological polar surface area (TPSA) is 37.9 Å². The maximum Gasteiger partial charge on any atom is 0.300 e. The van der Waals surface area contributed by atoms with Crippen molar-refractivity contribution in [3.63, 3.8) is 0 Å². The molecule has 0 aliphatic rings. The molecule has 0 atom stereocenters. The first-order valence-corrected chi connectivity index (χ1v) is 6.40. The van der Waals surface area contributed by atoms with Crippen LogP contribution < -0.4 is 4.74 Å². The van der Waals surface area contributed by atoms with Crippen LogP contribution in [0, 0.1) is 6.92 Å². The number of H-pyrrole nitrogens is 1. The number of nitrogens with one attached hydrogen (secondary N) is 1. The van der Waals surface area contributed by atoms with Crippen LogP contribution in [0.1, 0.15) is 5.56 Å². The number of hydrogen-bond donors (Lipinski definition) is 1. The largest absolute Gasteiger partial charge is 0.426 e. The summed E-state index contributed by atoms with van der Waals surface area (Å²) in [6.45, 7) is 2.04. The fraction of sp³-hybridized carbons (Fsp3) is 0.0714. The summed E-state index contributed by atoms with van der Waals surface area (Å²) in [6.07, 6.45) is 0. The highest BCUT2D eigenvalue weighted by molar-refractivity contribution is 9.10. The number of halogens is 1. The van der Waals surface area contributed by atoms with E-state index in [4.69, 9.17) is 4.74 Å². The zero-order valence-corrected chi connectivity index (χ0v) is 11.4. The van der Waals surface area contributed by atoms with Gasteiger partial charge in [0.05, 0.1) is 11.0 Å². The van der Waals surface area contributed by atoms with Gasteiger partial charge in [-0.05, 0) is 37.3 Å². The minimum Gasteiger partial charge on any atom is -0.426 e. The molecule has 90 valence electrons. The molecule has 1 N–H and O–H groups in total. The molecule has 1 heterocycles. The fourth-order valence-corrected chi connectivity index (χ4v) is 2.09. The third-order valence-electron chi connectivity index (χ3n) is 2.66. The van der Waals surface area contributed by atoms with Gasteiger partial charge in [-0.1, -0.05) is 33.6 Å². The van der Waals surface area contributed by atoms with Crippen LogP contribution in [0.15, 0.2) is 46.9 Å². The van der Waals surface area contributed by atoms with Gasteiger partial charge in [-0.2, -0.15) is 4.98 Å². The van der Waals surface area contributed by atoms with Crippen LogP contribution in [0.25, 0.3) is 11.0 Å². The van der Waals surface area contributed by atoms with E-state index in [-0.39, 0.29) is 0 Å². The van der Waals surface area contributed by atoms with E-state index in [0.29, 0.717) is 6.01 Å². The zero-order valence-electron chi connectivity index (χ0n) is 9.77. The zero-order chi connectivity index (χ0) is 12.5. The SMILES string of the molecule is Cc1ccc(Oc2nc3ccc(Br)cc3[nH]2)cc1. The molecule has 0 fully saturated rings. The third kappa shape index (κ3) is 2.24. The van der Waals surface area contributed by atoms with Crippen LogP contribution in [-0.2, 0) is 0 Å². The molecule has 18 heavy (non-hydrogen) atoms. The lowest BCUT2D eigenvalue weighted by molar-refractivity contribution is 0.449. The Morgan fingerprint density at radius 1 is 1.11 bits per heavy atom. The van der Waals surface area contributed by atoms with Gasteiger partial charge in [-0.15, -0.1) is 0 Å². The first-order chi connectivity index (χ1) is 8.70. The second-order valence-corrected chi connectivity index (χ2v) is 5.03. The first-order valence-electron chi connectivity index (χ1n) is 5.60. The van der Waals surface area contributed by atoms with Gasteiger partial charge in [0.25, 0.3) is 6.01 Å². The lowest BCUT2D eigenvalue weighted by atomic mass is 10.2. The summed E-state index contributed by atoms with van der Waals surface area (Å²) in [7, 11) is 0. The molecular weight excluding hydrogens is 292 g/mol. The average molecular weight is 303 g/mol. The number of benzene rings is 2. The number of aromatic amines is 1. The molecule has 3 aromatic rings. The molecule has 0 spiro atoms. The number of imidazole rings is 1. The minimum absolute atomic E-state index is 0.506. The second-order valence-electron chi connectivity index (χ2n) is 4.12. The Morgan fingerprint density at radius 2 is 1.89 bits per heavy atom. The Morgan fingerprint density at radius 3 is 2.67 bits per heavy atom. The normalized spacial score (nSPS) is 10.8. The van der Waals surface area contributed by atoms with Crippen LogP contribution in [0.3, 0.4) is 0 Å². The standard InChI is InChI=1S/C14H11BrN2O/c1-9-2-5-11(6-3-9)18-14-16-12-7-4-10(15)8-13(12)17-14/h2-8H,1H3,(H,16,17). The van der Waals surface area contributed by atoms with E-state index in [1.54, 1.807) is 0 Å². The summed E-state index contributed by atoms with van der Waals surface area (Å²) in [5.74, 6) is 0.777. The predicted molar refractivity (Wildman–Crippen MR) is 75.0 cm³/mol. The van der Waals surface area contributed by atoms with Gasteiger partial charge in [-0.25, -0.2) is 0 Å². The van der Waals surface area contributed by atoms with Crippen LogP contribution in [0.2, 0.25) is 0 Å². The molecule has 0 radical (unpaired) electrons. The van der Waals surface area contributed by atoms with Crippen molar-refractivity contribution in [1.29, 1.82) is 0 Å². The summed E-state index contributed by atoms with van der Waals surface area (Å²) in [5.41, 5.74) is 3.04. The average Bonchev–Trinajstić information content (AvgIpc) is 2.73. The highest BCUT2D eigenvalue weighted by Crippen LogP contribution is 2.24. The van der Waals surface area contributed by atoms with Gasteiger partial charge in [0.15, 0.2) is 0 Å². The van der Waals surface area contributed by atoms with Crippen molar-refractivity contribution in [2.45, 2.75) is 6.92 Å². The summed E-state index contributed by atoms with van der Waals surface area (Å²) in [6, 6.07) is 14.3. The highest BCUT2D eigenvalue weighted by atomic mass is 79.9. The van der Waals surface area contributed by atoms with Gasteiger partial charge >= 0.3 is 0 Å². The molecule has 3 nitrogen and oxygen atoms in total. The van der Waals surface area contributed by atoms with Crippen molar-refractivity contribution in [1.82, 2.24) is 9.97 Å². The molecule has 1 aromatic heterocycles. The van der Waals surface area contributed by atoms with Crippen LogP contribution >= 0.6 is 15.9 Å². The Bertz CT molecular complexity index is 689. The summed E-state index contributed by atoms with van der Waals surface area (Å²) in [4.78, 5) is 7.51. The maximum atomic E-state index is 5.68. The van der Waals surface area contributed by atoms with Crippen molar-refractivity contribution in [3.05, 3.63) is 52.5 Å². The third-order valence-corrected chi connectivity index (χ3v) is 3.15. The van der Waals surface area contributed by atoms with E-state index in [0.717, 1.165) is 21.3 Å². The number of rotatable bonds is 2. The van der Waals surface area contributed by atoms with Gasteiger partial charge in [-0.3, -0.25) is 0 Å². The molecule has 0 aliphatic heterocycles. The molecule has 0 saturated carbocycles. The first kappa shape index (κ1) is 11.3. The van der Waals surface area contributed by atoms with Crippen LogP contribution in [0.5, 0.6) is 11.8 Å². The summed E-state index contributed by atoms with van der Waals surface area (Å²) < 4.78 is 6.69. The van der Waals surface area contributed by atoms with Crippen molar-refractivity contribution in [3.8, 4) is 11.8 Å². The van der Waals surface area contributed by atoms with Crippen molar-refractivity contribution in [2.24, 2.45) is 0 Å². The smallest absolute Gasteiger partial charge is 0.300 e. The van der Waals surface area contributed by atoms with E-state index in [1.807, 2.05) is 49.4 Å².